The highest BCUT2D eigenvalue weighted by Gasteiger charge is 2.11. The third kappa shape index (κ3) is 1.61. The van der Waals surface area contributed by atoms with Crippen LogP contribution in [0.5, 0.6) is 0 Å². The number of nitrogens with zero attached hydrogens (tertiary/aromatic N) is 2. The first kappa shape index (κ1) is 10.7. The molecule has 1 heterocycles. The van der Waals surface area contributed by atoms with Gasteiger partial charge in [-0.1, -0.05) is 42.5 Å². The van der Waals surface area contributed by atoms with Gasteiger partial charge in [0.05, 0.1) is 5.56 Å². The molecule has 0 N–H and O–H groups in total. The van der Waals surface area contributed by atoms with Crippen molar-refractivity contribution in [2.75, 3.05) is 0 Å². The van der Waals surface area contributed by atoms with Crippen molar-refractivity contribution >= 4 is 17.1 Å². The summed E-state index contributed by atoms with van der Waals surface area (Å²) in [7, 11) is 1.82. The smallest absolute Gasteiger partial charge is 0.153 e. The molecule has 0 unspecified atom stereocenters. The highest BCUT2D eigenvalue weighted by molar-refractivity contribution is 5.99. The standard InChI is InChI=1S/C15H12N2O/c1-17-9-12(10-18)15(16-17)14-8-4-6-11-5-2-3-7-13(11)14/h2-10H,1H3. The number of rotatable bonds is 2. The molecule has 0 amide bonds. The van der Waals surface area contributed by atoms with E-state index in [1.807, 2.05) is 37.4 Å². The van der Waals surface area contributed by atoms with Gasteiger partial charge in [0.15, 0.2) is 6.29 Å². The van der Waals surface area contributed by atoms with Crippen molar-refractivity contribution in [3.63, 3.8) is 0 Å². The Balaban J connectivity index is 2.34. The minimum absolute atomic E-state index is 0.619. The summed E-state index contributed by atoms with van der Waals surface area (Å²) in [5, 5.41) is 6.65. The number of hydrogen-bond acceptors (Lipinski definition) is 2. The van der Waals surface area contributed by atoms with Gasteiger partial charge in [-0.2, -0.15) is 5.10 Å². The summed E-state index contributed by atoms with van der Waals surface area (Å²) in [6, 6.07) is 14.2. The number of hydrogen-bond donors (Lipinski definition) is 0. The van der Waals surface area contributed by atoms with Crippen molar-refractivity contribution in [3.05, 3.63) is 54.2 Å². The van der Waals surface area contributed by atoms with Crippen molar-refractivity contribution in [2.45, 2.75) is 0 Å². The van der Waals surface area contributed by atoms with Crippen LogP contribution in [0.15, 0.2) is 48.7 Å². The van der Waals surface area contributed by atoms with Crippen LogP contribution in [0.4, 0.5) is 0 Å². The van der Waals surface area contributed by atoms with Crippen molar-refractivity contribution in [3.8, 4) is 11.3 Å². The Morgan fingerprint density at radius 2 is 1.89 bits per heavy atom. The van der Waals surface area contributed by atoms with E-state index in [2.05, 4.69) is 17.2 Å². The highest BCUT2D eigenvalue weighted by Crippen LogP contribution is 2.28. The molecule has 1 aromatic heterocycles. The number of benzene rings is 2. The molecule has 0 bridgehead atoms. The van der Waals surface area contributed by atoms with Gasteiger partial charge in [0.2, 0.25) is 0 Å². The van der Waals surface area contributed by atoms with E-state index in [-0.39, 0.29) is 0 Å². The van der Waals surface area contributed by atoms with Crippen molar-refractivity contribution in [1.29, 1.82) is 0 Å². The largest absolute Gasteiger partial charge is 0.298 e. The molecule has 0 spiro atoms. The molecule has 0 radical (unpaired) electrons. The maximum absolute atomic E-state index is 11.1. The Morgan fingerprint density at radius 3 is 2.72 bits per heavy atom. The molecule has 0 saturated heterocycles. The van der Waals surface area contributed by atoms with E-state index in [1.54, 1.807) is 10.9 Å². The number of aromatic nitrogens is 2. The van der Waals surface area contributed by atoms with Crippen LogP contribution in [0.1, 0.15) is 10.4 Å². The molecule has 3 nitrogen and oxygen atoms in total. The quantitative estimate of drug-likeness (QED) is 0.641. The molecule has 0 atom stereocenters. The Bertz CT molecular complexity index is 723. The Morgan fingerprint density at radius 1 is 1.11 bits per heavy atom. The molecule has 0 fully saturated rings. The summed E-state index contributed by atoms with van der Waals surface area (Å²) in [5.41, 5.74) is 2.36. The molecule has 0 aliphatic heterocycles. The average molecular weight is 236 g/mol. The molecule has 0 aliphatic carbocycles. The molecule has 3 rings (SSSR count). The Kier molecular flexibility index (Phi) is 2.45. The molecule has 18 heavy (non-hydrogen) atoms. The van der Waals surface area contributed by atoms with Gasteiger partial charge >= 0.3 is 0 Å². The SMILES string of the molecule is Cn1cc(C=O)c(-c2cccc3ccccc23)n1. The first-order valence-electron chi connectivity index (χ1n) is 5.76. The van der Waals surface area contributed by atoms with Crippen LogP contribution < -0.4 is 0 Å². The van der Waals surface area contributed by atoms with E-state index in [4.69, 9.17) is 0 Å². The van der Waals surface area contributed by atoms with Crippen LogP contribution in [0.25, 0.3) is 22.0 Å². The van der Waals surface area contributed by atoms with Crippen LogP contribution in [-0.4, -0.2) is 16.1 Å². The molecule has 0 aliphatic rings. The van der Waals surface area contributed by atoms with Crippen LogP contribution in [0.3, 0.4) is 0 Å². The lowest BCUT2D eigenvalue weighted by molar-refractivity contribution is 0.112. The van der Waals surface area contributed by atoms with E-state index in [0.29, 0.717) is 5.56 Å². The van der Waals surface area contributed by atoms with E-state index < -0.39 is 0 Å². The number of carbonyl (C=O) groups is 1. The van der Waals surface area contributed by atoms with Gasteiger partial charge in [-0.05, 0) is 10.8 Å². The van der Waals surface area contributed by atoms with Crippen LogP contribution >= 0.6 is 0 Å². The van der Waals surface area contributed by atoms with Gasteiger partial charge in [0.25, 0.3) is 0 Å². The maximum atomic E-state index is 11.1. The van der Waals surface area contributed by atoms with Crippen LogP contribution in [0.2, 0.25) is 0 Å². The summed E-state index contributed by atoms with van der Waals surface area (Å²) in [5.74, 6) is 0. The lowest BCUT2D eigenvalue weighted by atomic mass is 10.0. The Labute approximate surface area is 105 Å². The van der Waals surface area contributed by atoms with Crippen molar-refractivity contribution in [1.82, 2.24) is 9.78 Å². The second-order valence-corrected chi connectivity index (χ2v) is 4.25. The van der Waals surface area contributed by atoms with Crippen molar-refractivity contribution < 1.29 is 4.79 Å². The molecule has 88 valence electrons. The van der Waals surface area contributed by atoms with Gasteiger partial charge in [0.1, 0.15) is 5.69 Å². The van der Waals surface area contributed by atoms with Gasteiger partial charge in [-0.15, -0.1) is 0 Å². The van der Waals surface area contributed by atoms with Gasteiger partial charge in [0, 0.05) is 18.8 Å². The zero-order valence-electron chi connectivity index (χ0n) is 10.00. The van der Waals surface area contributed by atoms with Crippen LogP contribution in [-0.2, 0) is 7.05 Å². The summed E-state index contributed by atoms with van der Waals surface area (Å²) in [6.45, 7) is 0. The molecule has 0 saturated carbocycles. The second kappa shape index (κ2) is 4.11. The second-order valence-electron chi connectivity index (χ2n) is 4.25. The van der Waals surface area contributed by atoms with Gasteiger partial charge < -0.3 is 0 Å². The van der Waals surface area contributed by atoms with E-state index >= 15 is 0 Å². The van der Waals surface area contributed by atoms with Crippen LogP contribution in [0, 0.1) is 0 Å². The highest BCUT2D eigenvalue weighted by atomic mass is 16.1. The maximum Gasteiger partial charge on any atom is 0.153 e. The minimum atomic E-state index is 0.619. The summed E-state index contributed by atoms with van der Waals surface area (Å²) >= 11 is 0. The zero-order chi connectivity index (χ0) is 12.5. The molecule has 3 heteroatoms. The fourth-order valence-corrected chi connectivity index (χ4v) is 2.23. The molecule has 2 aromatic carbocycles. The van der Waals surface area contributed by atoms with Gasteiger partial charge in [-0.25, -0.2) is 0 Å². The summed E-state index contributed by atoms with van der Waals surface area (Å²) in [6.07, 6.45) is 2.59. The van der Waals surface area contributed by atoms with E-state index in [1.165, 1.54) is 0 Å². The first-order chi connectivity index (χ1) is 8.79. The summed E-state index contributed by atoms with van der Waals surface area (Å²) < 4.78 is 1.67. The Hall–Kier alpha value is -2.42. The third-order valence-corrected chi connectivity index (χ3v) is 3.03. The topological polar surface area (TPSA) is 34.9 Å². The van der Waals surface area contributed by atoms with Crippen molar-refractivity contribution in [2.24, 2.45) is 7.05 Å². The fraction of sp³-hybridized carbons (Fsp3) is 0.0667. The predicted octanol–water partition coefficient (Wildman–Crippen LogP) is 3.05. The lowest BCUT2D eigenvalue weighted by Gasteiger charge is -2.04. The number of fused-ring (bicyclic) bond motifs is 1. The normalized spacial score (nSPS) is 10.7. The van der Waals surface area contributed by atoms with Gasteiger partial charge in [-0.3, -0.25) is 9.48 Å². The van der Waals surface area contributed by atoms with E-state index in [0.717, 1.165) is 28.3 Å². The monoisotopic (exact) mass is 236 g/mol. The summed E-state index contributed by atoms with van der Waals surface area (Å²) in [4.78, 5) is 11.1. The number of carbonyl (C=O) groups excluding carboxylic acids is 1. The predicted molar refractivity (Wildman–Crippen MR) is 71.5 cm³/mol. The zero-order valence-corrected chi connectivity index (χ0v) is 10.00. The van der Waals surface area contributed by atoms with E-state index in [9.17, 15) is 4.79 Å². The molecule has 3 aromatic rings. The third-order valence-electron chi connectivity index (χ3n) is 3.03. The first-order valence-corrected chi connectivity index (χ1v) is 5.76. The minimum Gasteiger partial charge on any atom is -0.298 e. The number of aryl methyl sites for hydroxylation is 1. The lowest BCUT2D eigenvalue weighted by Crippen LogP contribution is -1.89. The fourth-order valence-electron chi connectivity index (χ4n) is 2.23. The number of aldehydes is 1. The average Bonchev–Trinajstić information content (AvgIpc) is 2.79. The molecular weight excluding hydrogens is 224 g/mol. The molecular formula is C15H12N2O.